The van der Waals surface area contributed by atoms with Crippen LogP contribution < -0.4 is 14.2 Å². The van der Waals surface area contributed by atoms with E-state index in [9.17, 15) is 0 Å². The van der Waals surface area contributed by atoms with Gasteiger partial charge in [-0.2, -0.15) is 0 Å². The van der Waals surface area contributed by atoms with Crippen LogP contribution in [0.15, 0.2) is 36.4 Å². The lowest BCUT2D eigenvalue weighted by Gasteiger charge is -2.37. The van der Waals surface area contributed by atoms with Crippen molar-refractivity contribution in [1.82, 2.24) is 0 Å². The average molecular weight is 437 g/mol. The maximum absolute atomic E-state index is 6.54. The Kier molecular flexibility index (Phi) is 7.02. The Morgan fingerprint density at radius 1 is 1.00 bits per heavy atom. The van der Waals surface area contributed by atoms with Gasteiger partial charge in [-0.3, -0.25) is 0 Å². The van der Waals surface area contributed by atoms with Crippen LogP contribution in [0.25, 0.3) is 0 Å². The number of ether oxygens (including phenoxy) is 3. The lowest BCUT2D eigenvalue weighted by atomic mass is 9.84. The standard InChI is InChI=1S/C29H40O3/c1-20(2)22-10-12-26-24(18-22)15-17-29(4,32-26)16-14-21(3)23-11-13-27(30-5)28(19-23)31-25-8-6-7-9-25/h10-13,18-21,25H,6-9,14-17H2,1-5H3. The number of methoxy groups -OCH3 is 1. The molecule has 2 aromatic carbocycles. The lowest BCUT2D eigenvalue weighted by molar-refractivity contribution is 0.0525. The molecule has 0 amide bonds. The van der Waals surface area contributed by atoms with E-state index in [2.05, 4.69) is 64.1 Å². The normalized spacial score (nSPS) is 21.8. The highest BCUT2D eigenvalue weighted by Crippen LogP contribution is 2.40. The third kappa shape index (κ3) is 5.24. The summed E-state index contributed by atoms with van der Waals surface area (Å²) in [5.74, 6) is 3.82. The second-order valence-corrected chi connectivity index (χ2v) is 10.4. The Morgan fingerprint density at radius 2 is 1.75 bits per heavy atom. The highest BCUT2D eigenvalue weighted by atomic mass is 16.5. The molecule has 0 radical (unpaired) electrons. The molecule has 1 heterocycles. The van der Waals surface area contributed by atoms with Gasteiger partial charge in [-0.1, -0.05) is 39.0 Å². The minimum atomic E-state index is -0.101. The van der Waals surface area contributed by atoms with E-state index >= 15 is 0 Å². The van der Waals surface area contributed by atoms with E-state index in [0.29, 0.717) is 17.9 Å². The molecule has 1 saturated carbocycles. The van der Waals surface area contributed by atoms with E-state index in [4.69, 9.17) is 14.2 Å². The summed E-state index contributed by atoms with van der Waals surface area (Å²) in [5, 5.41) is 0. The average Bonchev–Trinajstić information content (AvgIpc) is 3.30. The van der Waals surface area contributed by atoms with E-state index < -0.39 is 0 Å². The fourth-order valence-electron chi connectivity index (χ4n) is 5.11. The van der Waals surface area contributed by atoms with Crippen LogP contribution in [0, 0.1) is 0 Å². The molecule has 1 aliphatic carbocycles. The summed E-state index contributed by atoms with van der Waals surface area (Å²) in [5.41, 5.74) is 3.99. The molecule has 0 N–H and O–H groups in total. The maximum Gasteiger partial charge on any atom is 0.161 e. The molecule has 3 heteroatoms. The van der Waals surface area contributed by atoms with Gasteiger partial charge in [0.25, 0.3) is 0 Å². The van der Waals surface area contributed by atoms with Gasteiger partial charge in [0.15, 0.2) is 11.5 Å². The van der Waals surface area contributed by atoms with Crippen LogP contribution in [0.3, 0.4) is 0 Å². The summed E-state index contributed by atoms with van der Waals surface area (Å²) in [7, 11) is 1.73. The predicted molar refractivity (Wildman–Crippen MR) is 131 cm³/mol. The molecule has 1 aliphatic heterocycles. The van der Waals surface area contributed by atoms with Crippen LogP contribution in [0.2, 0.25) is 0 Å². The predicted octanol–water partition coefficient (Wildman–Crippen LogP) is 7.81. The molecule has 2 aromatic rings. The molecule has 0 saturated heterocycles. The fraction of sp³-hybridized carbons (Fsp3) is 0.586. The van der Waals surface area contributed by atoms with E-state index in [1.54, 1.807) is 7.11 Å². The van der Waals surface area contributed by atoms with Gasteiger partial charge in [-0.25, -0.2) is 0 Å². The lowest BCUT2D eigenvalue weighted by Crippen LogP contribution is -2.36. The van der Waals surface area contributed by atoms with Crippen molar-refractivity contribution in [3.63, 3.8) is 0 Å². The maximum atomic E-state index is 6.54. The molecule has 2 unspecified atom stereocenters. The van der Waals surface area contributed by atoms with Crippen molar-refractivity contribution < 1.29 is 14.2 Å². The summed E-state index contributed by atoms with van der Waals surface area (Å²) in [6, 6.07) is 13.2. The van der Waals surface area contributed by atoms with Gasteiger partial charge in [0.2, 0.25) is 0 Å². The molecule has 32 heavy (non-hydrogen) atoms. The Labute approximate surface area is 194 Å². The SMILES string of the molecule is COc1ccc(C(C)CCC2(C)CCc3cc(C(C)C)ccc3O2)cc1OC1CCCC1. The molecule has 0 aromatic heterocycles. The topological polar surface area (TPSA) is 27.7 Å². The van der Waals surface area contributed by atoms with Crippen molar-refractivity contribution >= 4 is 0 Å². The molecule has 174 valence electrons. The number of hydrogen-bond acceptors (Lipinski definition) is 3. The van der Waals surface area contributed by atoms with Gasteiger partial charge in [-0.05, 0) is 105 Å². The van der Waals surface area contributed by atoms with Crippen molar-refractivity contribution in [2.24, 2.45) is 0 Å². The van der Waals surface area contributed by atoms with Gasteiger partial charge in [0, 0.05) is 0 Å². The van der Waals surface area contributed by atoms with Gasteiger partial charge in [-0.15, -0.1) is 0 Å². The Bertz CT molecular complexity index is 913. The third-order valence-electron chi connectivity index (χ3n) is 7.49. The van der Waals surface area contributed by atoms with Crippen LogP contribution in [0.4, 0.5) is 0 Å². The molecule has 1 fully saturated rings. The third-order valence-corrected chi connectivity index (χ3v) is 7.49. The number of aryl methyl sites for hydroxylation is 1. The second kappa shape index (κ2) is 9.77. The van der Waals surface area contributed by atoms with Gasteiger partial charge in [0.1, 0.15) is 11.4 Å². The second-order valence-electron chi connectivity index (χ2n) is 10.4. The zero-order valence-electron chi connectivity index (χ0n) is 20.6. The van der Waals surface area contributed by atoms with Crippen LogP contribution in [0.1, 0.15) is 101 Å². The minimum Gasteiger partial charge on any atom is -0.493 e. The highest BCUT2D eigenvalue weighted by molar-refractivity contribution is 5.44. The van der Waals surface area contributed by atoms with E-state index in [1.165, 1.54) is 29.5 Å². The first-order chi connectivity index (χ1) is 15.4. The smallest absolute Gasteiger partial charge is 0.161 e. The summed E-state index contributed by atoms with van der Waals surface area (Å²) in [4.78, 5) is 0. The van der Waals surface area contributed by atoms with Crippen molar-refractivity contribution in [3.8, 4) is 17.2 Å². The van der Waals surface area contributed by atoms with Crippen molar-refractivity contribution in [2.45, 2.75) is 103 Å². The van der Waals surface area contributed by atoms with Crippen LogP contribution in [-0.4, -0.2) is 18.8 Å². The first kappa shape index (κ1) is 23.0. The Balaban J connectivity index is 1.40. The van der Waals surface area contributed by atoms with Crippen molar-refractivity contribution in [2.75, 3.05) is 7.11 Å². The molecule has 3 nitrogen and oxygen atoms in total. The monoisotopic (exact) mass is 436 g/mol. The number of benzene rings is 2. The molecular formula is C29H40O3. The molecule has 2 atom stereocenters. The van der Waals surface area contributed by atoms with Crippen molar-refractivity contribution in [3.05, 3.63) is 53.1 Å². The van der Waals surface area contributed by atoms with Gasteiger partial charge in [0.05, 0.1) is 13.2 Å². The van der Waals surface area contributed by atoms with Crippen molar-refractivity contribution in [1.29, 1.82) is 0 Å². The van der Waals surface area contributed by atoms with Gasteiger partial charge < -0.3 is 14.2 Å². The Hall–Kier alpha value is -2.16. The fourth-order valence-corrected chi connectivity index (χ4v) is 5.11. The number of fused-ring (bicyclic) bond motifs is 1. The first-order valence-electron chi connectivity index (χ1n) is 12.5. The van der Waals surface area contributed by atoms with Gasteiger partial charge >= 0.3 is 0 Å². The largest absolute Gasteiger partial charge is 0.493 e. The zero-order chi connectivity index (χ0) is 22.7. The van der Waals surface area contributed by atoms with Crippen LogP contribution in [0.5, 0.6) is 17.2 Å². The number of hydrogen-bond donors (Lipinski definition) is 0. The molecule has 4 rings (SSSR count). The Morgan fingerprint density at radius 3 is 2.47 bits per heavy atom. The molecule has 2 aliphatic rings. The van der Waals surface area contributed by atoms with E-state index in [0.717, 1.165) is 55.8 Å². The molecular weight excluding hydrogens is 396 g/mol. The first-order valence-corrected chi connectivity index (χ1v) is 12.5. The summed E-state index contributed by atoms with van der Waals surface area (Å²) >= 11 is 0. The summed E-state index contributed by atoms with van der Waals surface area (Å²) < 4.78 is 18.4. The number of rotatable bonds is 8. The summed E-state index contributed by atoms with van der Waals surface area (Å²) in [6.07, 6.45) is 9.48. The molecule has 0 bridgehead atoms. The molecule has 0 spiro atoms. The van der Waals surface area contributed by atoms with E-state index in [-0.39, 0.29) is 5.60 Å². The summed E-state index contributed by atoms with van der Waals surface area (Å²) in [6.45, 7) is 9.10. The van der Waals surface area contributed by atoms with Crippen LogP contribution >= 0.6 is 0 Å². The van der Waals surface area contributed by atoms with E-state index in [1.807, 2.05) is 0 Å². The quantitative estimate of drug-likeness (QED) is 0.422. The zero-order valence-corrected chi connectivity index (χ0v) is 20.6. The highest BCUT2D eigenvalue weighted by Gasteiger charge is 2.32. The van der Waals surface area contributed by atoms with Crippen LogP contribution in [-0.2, 0) is 6.42 Å². The minimum absolute atomic E-state index is 0.101.